The molecule has 0 heterocycles. The molecule has 1 heteroatoms. The molecule has 0 radical (unpaired) electrons. The van der Waals surface area contributed by atoms with Gasteiger partial charge in [-0.2, -0.15) is 0 Å². The van der Waals surface area contributed by atoms with Crippen molar-refractivity contribution >= 4 is 0 Å². The first-order valence-corrected chi connectivity index (χ1v) is 9.00. The van der Waals surface area contributed by atoms with Crippen LogP contribution in [0.3, 0.4) is 0 Å². The summed E-state index contributed by atoms with van der Waals surface area (Å²) in [5.74, 6) is 2.35. The molecule has 0 aromatic heterocycles. The lowest BCUT2D eigenvalue weighted by atomic mass is 9.75. The zero-order valence-corrected chi connectivity index (χ0v) is 14.2. The van der Waals surface area contributed by atoms with Gasteiger partial charge >= 0.3 is 0 Å². The van der Waals surface area contributed by atoms with E-state index in [2.05, 4.69) is 50.4 Å². The van der Waals surface area contributed by atoms with Gasteiger partial charge in [-0.25, -0.2) is 0 Å². The number of nitrogens with one attached hydrogen (secondary N) is 1. The van der Waals surface area contributed by atoms with Crippen molar-refractivity contribution in [1.29, 1.82) is 0 Å². The second-order valence-electron chi connectivity index (χ2n) is 7.20. The van der Waals surface area contributed by atoms with Crippen LogP contribution in [-0.2, 0) is 6.42 Å². The van der Waals surface area contributed by atoms with Crippen molar-refractivity contribution in [1.82, 2.24) is 5.32 Å². The molecule has 0 saturated heterocycles. The molecular weight excluding hydrogens is 254 g/mol. The predicted octanol–water partition coefficient (Wildman–Crippen LogP) is 5.16. The summed E-state index contributed by atoms with van der Waals surface area (Å²) >= 11 is 0. The Morgan fingerprint density at radius 2 is 2.00 bits per heavy atom. The van der Waals surface area contributed by atoms with Crippen LogP contribution >= 0.6 is 0 Å². The molecular formula is C20H33N. The summed E-state index contributed by atoms with van der Waals surface area (Å²) in [6.07, 6.45) is 8.05. The molecule has 2 atom stereocenters. The first kappa shape index (κ1) is 16.5. The Morgan fingerprint density at radius 1 is 1.19 bits per heavy atom. The lowest BCUT2D eigenvalue weighted by molar-refractivity contribution is 0.296. The number of hydrogen-bond donors (Lipinski definition) is 1. The van der Waals surface area contributed by atoms with Crippen molar-refractivity contribution < 1.29 is 0 Å². The van der Waals surface area contributed by atoms with E-state index in [1.165, 1.54) is 50.6 Å². The van der Waals surface area contributed by atoms with E-state index >= 15 is 0 Å². The third-order valence-electron chi connectivity index (χ3n) is 4.77. The fraction of sp³-hybridized carbons (Fsp3) is 0.700. The van der Waals surface area contributed by atoms with Gasteiger partial charge in [-0.3, -0.25) is 0 Å². The zero-order chi connectivity index (χ0) is 15.1. The highest BCUT2D eigenvalue weighted by molar-refractivity contribution is 5.27. The molecule has 1 aliphatic carbocycles. The number of rotatable bonds is 7. The van der Waals surface area contributed by atoms with Gasteiger partial charge in [0.25, 0.3) is 0 Å². The van der Waals surface area contributed by atoms with Crippen LogP contribution in [0.1, 0.15) is 69.9 Å². The SMILES string of the molecule is CCCNCC1CCCCC1c1cccc(CC(C)C)c1. The highest BCUT2D eigenvalue weighted by Crippen LogP contribution is 2.37. The lowest BCUT2D eigenvalue weighted by Crippen LogP contribution is -2.30. The van der Waals surface area contributed by atoms with E-state index in [1.807, 2.05) is 0 Å². The molecule has 0 amide bonds. The normalized spacial score (nSPS) is 22.7. The maximum atomic E-state index is 3.65. The van der Waals surface area contributed by atoms with Crippen molar-refractivity contribution in [2.45, 2.75) is 65.2 Å². The van der Waals surface area contributed by atoms with Crippen molar-refractivity contribution in [3.05, 3.63) is 35.4 Å². The standard InChI is InChI=1S/C20H33N/c1-4-12-21-15-19-9-5-6-11-20(19)18-10-7-8-17(14-18)13-16(2)3/h7-8,10,14,16,19-21H,4-6,9,11-13,15H2,1-3H3. The predicted molar refractivity (Wildman–Crippen MR) is 92.8 cm³/mol. The molecule has 2 unspecified atom stereocenters. The Kier molecular flexibility index (Phi) is 6.76. The third-order valence-corrected chi connectivity index (χ3v) is 4.77. The van der Waals surface area contributed by atoms with Crippen LogP contribution < -0.4 is 5.32 Å². The van der Waals surface area contributed by atoms with Crippen LogP contribution in [0.15, 0.2) is 24.3 Å². The maximum absolute atomic E-state index is 3.65. The van der Waals surface area contributed by atoms with Gasteiger partial charge in [-0.15, -0.1) is 0 Å². The van der Waals surface area contributed by atoms with Gasteiger partial charge in [0, 0.05) is 0 Å². The summed E-state index contributed by atoms with van der Waals surface area (Å²) in [4.78, 5) is 0. The molecule has 2 rings (SSSR count). The second-order valence-corrected chi connectivity index (χ2v) is 7.20. The van der Waals surface area contributed by atoms with Gasteiger partial charge < -0.3 is 5.32 Å². The van der Waals surface area contributed by atoms with Crippen LogP contribution in [0.5, 0.6) is 0 Å². The fourth-order valence-electron chi connectivity index (χ4n) is 3.78. The largest absolute Gasteiger partial charge is 0.316 e. The lowest BCUT2D eigenvalue weighted by Gasteiger charge is -2.32. The molecule has 0 spiro atoms. The van der Waals surface area contributed by atoms with Gasteiger partial charge in [0.2, 0.25) is 0 Å². The van der Waals surface area contributed by atoms with Gasteiger partial charge in [-0.1, -0.05) is 57.9 Å². The van der Waals surface area contributed by atoms with Gasteiger partial charge in [0.1, 0.15) is 0 Å². The summed E-state index contributed by atoms with van der Waals surface area (Å²) < 4.78 is 0. The number of hydrogen-bond acceptors (Lipinski definition) is 1. The molecule has 1 N–H and O–H groups in total. The average molecular weight is 287 g/mol. The summed E-state index contributed by atoms with van der Waals surface area (Å²) in [6, 6.07) is 9.43. The van der Waals surface area contributed by atoms with E-state index < -0.39 is 0 Å². The Balaban J connectivity index is 2.05. The van der Waals surface area contributed by atoms with Crippen LogP contribution in [-0.4, -0.2) is 13.1 Å². The van der Waals surface area contributed by atoms with Crippen LogP contribution in [0, 0.1) is 11.8 Å². The summed E-state index contributed by atoms with van der Waals surface area (Å²) in [6.45, 7) is 9.24. The average Bonchev–Trinajstić information content (AvgIpc) is 2.48. The van der Waals surface area contributed by atoms with Crippen molar-refractivity contribution in [2.24, 2.45) is 11.8 Å². The molecule has 1 saturated carbocycles. The smallest absolute Gasteiger partial charge is 0.00147 e. The van der Waals surface area contributed by atoms with Gasteiger partial charge in [0.05, 0.1) is 0 Å². The first-order valence-electron chi connectivity index (χ1n) is 9.00. The van der Waals surface area contributed by atoms with Gasteiger partial charge in [-0.05, 0) is 67.7 Å². The molecule has 1 nitrogen and oxygen atoms in total. The van der Waals surface area contributed by atoms with Crippen LogP contribution in [0.2, 0.25) is 0 Å². The maximum Gasteiger partial charge on any atom is -0.00147 e. The van der Waals surface area contributed by atoms with E-state index in [0.717, 1.165) is 24.3 Å². The van der Waals surface area contributed by atoms with E-state index in [1.54, 1.807) is 5.56 Å². The minimum atomic E-state index is 0.744. The Bertz CT molecular complexity index is 410. The zero-order valence-electron chi connectivity index (χ0n) is 14.2. The Labute approximate surface area is 131 Å². The highest BCUT2D eigenvalue weighted by atomic mass is 14.9. The molecule has 1 aromatic carbocycles. The molecule has 1 aliphatic rings. The van der Waals surface area contributed by atoms with Gasteiger partial charge in [0.15, 0.2) is 0 Å². The summed E-state index contributed by atoms with van der Waals surface area (Å²) in [5, 5.41) is 3.65. The quantitative estimate of drug-likeness (QED) is 0.683. The minimum absolute atomic E-state index is 0.744. The molecule has 0 bridgehead atoms. The highest BCUT2D eigenvalue weighted by Gasteiger charge is 2.26. The molecule has 21 heavy (non-hydrogen) atoms. The van der Waals surface area contributed by atoms with E-state index in [4.69, 9.17) is 0 Å². The van der Waals surface area contributed by atoms with Crippen LogP contribution in [0.25, 0.3) is 0 Å². The van der Waals surface area contributed by atoms with Crippen LogP contribution in [0.4, 0.5) is 0 Å². The van der Waals surface area contributed by atoms with Crippen molar-refractivity contribution in [2.75, 3.05) is 13.1 Å². The fourth-order valence-corrected chi connectivity index (χ4v) is 3.78. The molecule has 1 aromatic rings. The Hall–Kier alpha value is -0.820. The number of benzene rings is 1. The van der Waals surface area contributed by atoms with E-state index in [-0.39, 0.29) is 0 Å². The molecule has 0 aliphatic heterocycles. The van der Waals surface area contributed by atoms with E-state index in [9.17, 15) is 0 Å². The molecule has 1 fully saturated rings. The Morgan fingerprint density at radius 3 is 2.76 bits per heavy atom. The summed E-state index contributed by atoms with van der Waals surface area (Å²) in [7, 11) is 0. The second kappa shape index (κ2) is 8.58. The summed E-state index contributed by atoms with van der Waals surface area (Å²) in [5.41, 5.74) is 3.12. The van der Waals surface area contributed by atoms with Crippen molar-refractivity contribution in [3.63, 3.8) is 0 Å². The first-order chi connectivity index (χ1) is 10.2. The monoisotopic (exact) mass is 287 g/mol. The minimum Gasteiger partial charge on any atom is -0.316 e. The third kappa shape index (κ3) is 5.14. The topological polar surface area (TPSA) is 12.0 Å². The molecule has 118 valence electrons. The van der Waals surface area contributed by atoms with Crippen molar-refractivity contribution in [3.8, 4) is 0 Å². The van der Waals surface area contributed by atoms with E-state index in [0.29, 0.717) is 0 Å².